The Labute approximate surface area is 125 Å². The molecule has 1 saturated heterocycles. The molecule has 1 unspecified atom stereocenters. The van der Waals surface area contributed by atoms with Gasteiger partial charge in [0.1, 0.15) is 0 Å². The minimum absolute atomic E-state index is 0.0744. The maximum absolute atomic E-state index is 6.22. The Morgan fingerprint density at radius 1 is 1.15 bits per heavy atom. The van der Waals surface area contributed by atoms with Crippen LogP contribution in [0.1, 0.15) is 72.1 Å². The van der Waals surface area contributed by atoms with Crippen molar-refractivity contribution in [2.24, 2.45) is 5.73 Å². The van der Waals surface area contributed by atoms with Gasteiger partial charge >= 0.3 is 0 Å². The van der Waals surface area contributed by atoms with E-state index in [1.807, 2.05) is 0 Å². The van der Waals surface area contributed by atoms with Crippen molar-refractivity contribution in [1.82, 2.24) is 4.90 Å². The van der Waals surface area contributed by atoms with E-state index in [1.54, 1.807) is 0 Å². The third-order valence-corrected chi connectivity index (χ3v) is 5.31. The van der Waals surface area contributed by atoms with Crippen LogP contribution >= 0.6 is 0 Å². The van der Waals surface area contributed by atoms with Gasteiger partial charge in [-0.1, -0.05) is 26.2 Å². The summed E-state index contributed by atoms with van der Waals surface area (Å²) in [5.74, 6) is 0. The zero-order valence-electron chi connectivity index (χ0n) is 13.8. The predicted octanol–water partition coefficient (Wildman–Crippen LogP) is 3.32. The highest BCUT2D eigenvalue weighted by molar-refractivity contribution is 4.96. The molecule has 0 radical (unpaired) electrons. The van der Waals surface area contributed by atoms with E-state index in [1.165, 1.54) is 51.4 Å². The van der Waals surface area contributed by atoms with E-state index in [-0.39, 0.29) is 11.1 Å². The molecule has 3 heteroatoms. The van der Waals surface area contributed by atoms with E-state index in [9.17, 15) is 0 Å². The van der Waals surface area contributed by atoms with Gasteiger partial charge in [0.05, 0.1) is 11.7 Å². The summed E-state index contributed by atoms with van der Waals surface area (Å²) in [4.78, 5) is 2.68. The summed E-state index contributed by atoms with van der Waals surface area (Å²) in [5.41, 5.74) is 6.54. The van der Waals surface area contributed by atoms with Crippen molar-refractivity contribution < 1.29 is 4.74 Å². The van der Waals surface area contributed by atoms with Crippen LogP contribution < -0.4 is 5.73 Å². The molecule has 0 aromatic rings. The lowest BCUT2D eigenvalue weighted by molar-refractivity contribution is -0.0507. The lowest BCUT2D eigenvalue weighted by atomic mass is 9.80. The molecule has 2 fully saturated rings. The zero-order chi connectivity index (χ0) is 14.6. The van der Waals surface area contributed by atoms with Gasteiger partial charge in [-0.3, -0.25) is 4.90 Å². The van der Waals surface area contributed by atoms with Gasteiger partial charge in [0.2, 0.25) is 0 Å². The number of hydrogen-bond acceptors (Lipinski definition) is 3. The number of ether oxygens (including phenoxy) is 1. The Morgan fingerprint density at radius 3 is 2.35 bits per heavy atom. The second kappa shape index (κ2) is 6.76. The normalized spacial score (nSPS) is 28.9. The first-order chi connectivity index (χ1) is 9.51. The van der Waals surface area contributed by atoms with Gasteiger partial charge in [-0.2, -0.15) is 0 Å². The molecule has 2 rings (SSSR count). The highest BCUT2D eigenvalue weighted by atomic mass is 16.5. The van der Waals surface area contributed by atoms with E-state index in [0.29, 0.717) is 6.10 Å². The van der Waals surface area contributed by atoms with Crippen LogP contribution in [0.4, 0.5) is 0 Å². The van der Waals surface area contributed by atoms with Crippen molar-refractivity contribution in [2.45, 2.75) is 89.4 Å². The monoisotopic (exact) mass is 282 g/mol. The van der Waals surface area contributed by atoms with E-state index >= 15 is 0 Å². The first kappa shape index (κ1) is 16.3. The molecule has 2 aliphatic rings. The summed E-state index contributed by atoms with van der Waals surface area (Å²) < 4.78 is 6.22. The van der Waals surface area contributed by atoms with Crippen LogP contribution in [-0.4, -0.2) is 41.8 Å². The number of hydrogen-bond donors (Lipinski definition) is 1. The van der Waals surface area contributed by atoms with Crippen molar-refractivity contribution in [3.05, 3.63) is 0 Å². The first-order valence-corrected chi connectivity index (χ1v) is 8.64. The van der Waals surface area contributed by atoms with E-state index < -0.39 is 0 Å². The van der Waals surface area contributed by atoms with Crippen molar-refractivity contribution in [3.63, 3.8) is 0 Å². The summed E-state index contributed by atoms with van der Waals surface area (Å²) in [5, 5.41) is 0. The predicted molar refractivity (Wildman–Crippen MR) is 84.9 cm³/mol. The molecular weight excluding hydrogens is 248 g/mol. The maximum atomic E-state index is 6.22. The van der Waals surface area contributed by atoms with Gasteiger partial charge in [0.15, 0.2) is 0 Å². The van der Waals surface area contributed by atoms with Crippen LogP contribution in [0.2, 0.25) is 0 Å². The fourth-order valence-electron chi connectivity index (χ4n) is 4.10. The Hall–Kier alpha value is -0.120. The molecule has 0 spiro atoms. The molecule has 20 heavy (non-hydrogen) atoms. The van der Waals surface area contributed by atoms with Crippen molar-refractivity contribution >= 4 is 0 Å². The topological polar surface area (TPSA) is 38.5 Å². The Kier molecular flexibility index (Phi) is 5.49. The fraction of sp³-hybridized carbons (Fsp3) is 1.00. The summed E-state index contributed by atoms with van der Waals surface area (Å²) >= 11 is 0. The van der Waals surface area contributed by atoms with Gasteiger partial charge in [-0.05, 0) is 52.5 Å². The molecule has 0 aromatic carbocycles. The Balaban J connectivity index is 2.02. The summed E-state index contributed by atoms with van der Waals surface area (Å²) in [6, 6.07) is 0. The van der Waals surface area contributed by atoms with Crippen LogP contribution in [0.15, 0.2) is 0 Å². The van der Waals surface area contributed by atoms with Crippen LogP contribution in [0.25, 0.3) is 0 Å². The SMILES string of the molecule is CCCN(CC1CCC(C)(C)O1)C1(CN)CCCCC1. The Bertz CT molecular complexity index is 297. The highest BCUT2D eigenvalue weighted by Crippen LogP contribution is 2.36. The summed E-state index contributed by atoms with van der Waals surface area (Å²) in [7, 11) is 0. The number of nitrogens with zero attached hydrogens (tertiary/aromatic N) is 1. The zero-order valence-corrected chi connectivity index (χ0v) is 13.8. The number of rotatable bonds is 6. The van der Waals surface area contributed by atoms with Crippen LogP contribution in [0.5, 0.6) is 0 Å². The minimum atomic E-state index is 0.0744. The molecular formula is C17H34N2O. The standard InChI is InChI=1S/C17H34N2O/c1-4-12-19(13-15-8-11-16(2,3)20-15)17(14-18)9-6-5-7-10-17/h15H,4-14,18H2,1-3H3. The molecule has 118 valence electrons. The molecule has 0 bridgehead atoms. The summed E-state index contributed by atoms with van der Waals surface area (Å²) in [6.07, 6.45) is 10.6. The largest absolute Gasteiger partial charge is 0.371 e. The quantitative estimate of drug-likeness (QED) is 0.812. The molecule has 1 atom stereocenters. The molecule has 1 aliphatic carbocycles. The Morgan fingerprint density at radius 2 is 1.85 bits per heavy atom. The average molecular weight is 282 g/mol. The van der Waals surface area contributed by atoms with Crippen molar-refractivity contribution in [3.8, 4) is 0 Å². The molecule has 3 nitrogen and oxygen atoms in total. The minimum Gasteiger partial charge on any atom is -0.371 e. The van der Waals surface area contributed by atoms with Crippen LogP contribution in [0.3, 0.4) is 0 Å². The molecule has 1 heterocycles. The third-order valence-electron chi connectivity index (χ3n) is 5.31. The van der Waals surface area contributed by atoms with E-state index in [4.69, 9.17) is 10.5 Å². The molecule has 0 amide bonds. The lowest BCUT2D eigenvalue weighted by Gasteiger charge is -2.47. The van der Waals surface area contributed by atoms with Crippen molar-refractivity contribution in [2.75, 3.05) is 19.6 Å². The molecule has 0 aromatic heterocycles. The van der Waals surface area contributed by atoms with Gasteiger partial charge in [0, 0.05) is 18.6 Å². The molecule has 2 N–H and O–H groups in total. The van der Waals surface area contributed by atoms with E-state index in [0.717, 1.165) is 19.6 Å². The van der Waals surface area contributed by atoms with Gasteiger partial charge in [-0.25, -0.2) is 0 Å². The average Bonchev–Trinajstić information content (AvgIpc) is 2.78. The molecule has 1 aliphatic heterocycles. The third kappa shape index (κ3) is 3.75. The van der Waals surface area contributed by atoms with Crippen molar-refractivity contribution in [1.29, 1.82) is 0 Å². The second-order valence-electron chi connectivity index (χ2n) is 7.47. The highest BCUT2D eigenvalue weighted by Gasteiger charge is 2.39. The lowest BCUT2D eigenvalue weighted by Crippen LogP contribution is -2.57. The maximum Gasteiger partial charge on any atom is 0.0710 e. The number of nitrogens with two attached hydrogens (primary N) is 1. The smallest absolute Gasteiger partial charge is 0.0710 e. The van der Waals surface area contributed by atoms with Crippen LogP contribution in [-0.2, 0) is 4.74 Å². The molecule has 1 saturated carbocycles. The van der Waals surface area contributed by atoms with Crippen LogP contribution in [0, 0.1) is 0 Å². The fourth-order valence-corrected chi connectivity index (χ4v) is 4.10. The first-order valence-electron chi connectivity index (χ1n) is 8.64. The van der Waals surface area contributed by atoms with Gasteiger partial charge in [0.25, 0.3) is 0 Å². The van der Waals surface area contributed by atoms with Gasteiger partial charge < -0.3 is 10.5 Å². The van der Waals surface area contributed by atoms with E-state index in [2.05, 4.69) is 25.7 Å². The second-order valence-corrected chi connectivity index (χ2v) is 7.47. The van der Waals surface area contributed by atoms with Gasteiger partial charge in [-0.15, -0.1) is 0 Å². The summed E-state index contributed by atoms with van der Waals surface area (Å²) in [6.45, 7) is 9.77.